The van der Waals surface area contributed by atoms with Crippen LogP contribution in [0, 0.1) is 23.3 Å². The first-order chi connectivity index (χ1) is 16.5. The van der Waals surface area contributed by atoms with Crippen molar-refractivity contribution in [3.63, 3.8) is 0 Å². The second kappa shape index (κ2) is 9.51. The molecule has 0 saturated carbocycles. The molecule has 0 aliphatic rings. The summed E-state index contributed by atoms with van der Waals surface area (Å²) in [6.45, 7) is 1.54. The van der Waals surface area contributed by atoms with Crippen molar-refractivity contribution < 1.29 is 57.8 Å². The second-order valence-electron chi connectivity index (χ2n) is 7.31. The van der Waals surface area contributed by atoms with Gasteiger partial charge in [-0.05, 0) is 48.4 Å². The predicted octanol–water partition coefficient (Wildman–Crippen LogP) is 8.08. The van der Waals surface area contributed by atoms with E-state index in [0.29, 0.717) is 36.4 Å². The highest BCUT2D eigenvalue weighted by molar-refractivity contribution is 5.35. The third-order valence-corrected chi connectivity index (χ3v) is 4.78. The zero-order chi connectivity index (χ0) is 27.1. The van der Waals surface area contributed by atoms with Gasteiger partial charge in [0, 0.05) is 12.1 Å². The van der Waals surface area contributed by atoms with Gasteiger partial charge in [0.2, 0.25) is 0 Å². The molecule has 0 atom stereocenters. The summed E-state index contributed by atoms with van der Waals surface area (Å²) in [6, 6.07) is 3.24. The van der Waals surface area contributed by atoms with Crippen molar-refractivity contribution in [2.45, 2.75) is 31.7 Å². The zero-order valence-corrected chi connectivity index (χ0v) is 17.8. The van der Waals surface area contributed by atoms with Crippen LogP contribution in [0.3, 0.4) is 0 Å². The van der Waals surface area contributed by atoms with E-state index in [9.17, 15) is 48.3 Å². The first-order valence-corrected chi connectivity index (χ1v) is 9.84. The van der Waals surface area contributed by atoms with Crippen LogP contribution in [-0.2, 0) is 24.8 Å². The van der Waals surface area contributed by atoms with E-state index >= 15 is 0 Å². The van der Waals surface area contributed by atoms with Gasteiger partial charge in [0.05, 0.1) is 5.56 Å². The Balaban J connectivity index is 1.82. The Morgan fingerprint density at radius 1 is 0.583 bits per heavy atom. The smallest absolute Gasteiger partial charge is 0.429 e. The first kappa shape index (κ1) is 27.1. The number of halogens is 11. The quantitative estimate of drug-likeness (QED) is 0.288. The van der Waals surface area contributed by atoms with Gasteiger partial charge >= 0.3 is 18.4 Å². The average molecular weight is 530 g/mol. The van der Waals surface area contributed by atoms with Crippen LogP contribution in [0.1, 0.15) is 29.2 Å². The SMILES string of the molecule is CCc1cc(F)c(C(F)(F)Oc2ccc(C(F)(F)Oc3cc(F)c(C(F)(F)F)c(F)c3)cc2)c(F)c1. The third kappa shape index (κ3) is 5.65. The van der Waals surface area contributed by atoms with Gasteiger partial charge in [0.15, 0.2) is 0 Å². The maximum atomic E-state index is 14.4. The molecule has 0 aliphatic carbocycles. The molecule has 0 bridgehead atoms. The molecule has 2 nitrogen and oxygen atoms in total. The lowest BCUT2D eigenvalue weighted by Gasteiger charge is -2.21. The Hall–Kier alpha value is -3.51. The van der Waals surface area contributed by atoms with E-state index in [2.05, 4.69) is 9.47 Å². The number of aryl methyl sites for hydroxylation is 1. The van der Waals surface area contributed by atoms with E-state index in [1.54, 1.807) is 0 Å². The Bertz CT molecular complexity index is 1210. The molecule has 3 aromatic rings. The van der Waals surface area contributed by atoms with Crippen LogP contribution in [0.2, 0.25) is 0 Å². The van der Waals surface area contributed by atoms with Gasteiger partial charge in [-0.1, -0.05) is 6.92 Å². The third-order valence-electron chi connectivity index (χ3n) is 4.78. The molecule has 13 heteroatoms. The topological polar surface area (TPSA) is 18.5 Å². The van der Waals surface area contributed by atoms with Crippen molar-refractivity contribution in [2.24, 2.45) is 0 Å². The van der Waals surface area contributed by atoms with Gasteiger partial charge < -0.3 is 9.47 Å². The van der Waals surface area contributed by atoms with Gasteiger partial charge in [0.1, 0.15) is 45.9 Å². The summed E-state index contributed by atoms with van der Waals surface area (Å²) in [5.74, 6) is -9.69. The van der Waals surface area contributed by atoms with Gasteiger partial charge in [-0.15, -0.1) is 0 Å². The molecule has 0 spiro atoms. The number of rotatable bonds is 7. The molecule has 0 amide bonds. The maximum absolute atomic E-state index is 14.4. The maximum Gasteiger partial charge on any atom is 0.432 e. The molecule has 0 fully saturated rings. The molecule has 3 rings (SSSR count). The number of ether oxygens (including phenoxy) is 2. The molecular formula is C23H13F11O2. The zero-order valence-electron chi connectivity index (χ0n) is 17.8. The van der Waals surface area contributed by atoms with E-state index in [1.807, 2.05) is 0 Å². The molecule has 0 aromatic heterocycles. The highest BCUT2D eigenvalue weighted by atomic mass is 19.4. The summed E-state index contributed by atoms with van der Waals surface area (Å²) in [6.07, 6.45) is -14.2. The molecule has 3 aromatic carbocycles. The number of benzene rings is 3. The largest absolute Gasteiger partial charge is 0.432 e. The van der Waals surface area contributed by atoms with Gasteiger partial charge in [-0.3, -0.25) is 0 Å². The second-order valence-corrected chi connectivity index (χ2v) is 7.31. The molecule has 0 N–H and O–H groups in total. The van der Waals surface area contributed by atoms with Crippen LogP contribution in [0.4, 0.5) is 48.3 Å². The van der Waals surface area contributed by atoms with Crippen LogP contribution >= 0.6 is 0 Å². The molecule has 0 saturated heterocycles. The molecule has 194 valence electrons. The Kier molecular flexibility index (Phi) is 7.15. The van der Waals surface area contributed by atoms with Crippen LogP contribution in [0.15, 0.2) is 48.5 Å². The Labute approximate surface area is 195 Å². The summed E-state index contributed by atoms with van der Waals surface area (Å²) in [7, 11) is 0. The van der Waals surface area contributed by atoms with Gasteiger partial charge in [0.25, 0.3) is 0 Å². The Morgan fingerprint density at radius 2 is 1.03 bits per heavy atom. The summed E-state index contributed by atoms with van der Waals surface area (Å²) in [5.41, 5.74) is -4.99. The summed E-state index contributed by atoms with van der Waals surface area (Å²) < 4.78 is 159. The molecule has 0 unspecified atom stereocenters. The lowest BCUT2D eigenvalue weighted by Crippen LogP contribution is -2.26. The predicted molar refractivity (Wildman–Crippen MR) is 103 cm³/mol. The summed E-state index contributed by atoms with van der Waals surface area (Å²) in [5, 5.41) is 0. The first-order valence-electron chi connectivity index (χ1n) is 9.84. The van der Waals surface area contributed by atoms with Crippen LogP contribution in [0.25, 0.3) is 0 Å². The molecule has 0 radical (unpaired) electrons. The van der Waals surface area contributed by atoms with Crippen molar-refractivity contribution in [1.82, 2.24) is 0 Å². The van der Waals surface area contributed by atoms with Crippen molar-refractivity contribution >= 4 is 0 Å². The molecule has 36 heavy (non-hydrogen) atoms. The minimum atomic E-state index is -5.43. The summed E-state index contributed by atoms with van der Waals surface area (Å²) in [4.78, 5) is 0. The van der Waals surface area contributed by atoms with Gasteiger partial charge in [-0.2, -0.15) is 30.7 Å². The fourth-order valence-electron chi connectivity index (χ4n) is 3.11. The van der Waals surface area contributed by atoms with E-state index in [-0.39, 0.29) is 24.1 Å². The minimum absolute atomic E-state index is 0.101. The van der Waals surface area contributed by atoms with Gasteiger partial charge in [-0.25, -0.2) is 17.6 Å². The van der Waals surface area contributed by atoms with E-state index in [1.165, 1.54) is 6.92 Å². The lowest BCUT2D eigenvalue weighted by atomic mass is 10.1. The minimum Gasteiger partial charge on any atom is -0.429 e. The van der Waals surface area contributed by atoms with Crippen LogP contribution in [-0.4, -0.2) is 0 Å². The fraction of sp³-hybridized carbons (Fsp3) is 0.217. The van der Waals surface area contributed by atoms with Crippen LogP contribution < -0.4 is 9.47 Å². The fourth-order valence-corrected chi connectivity index (χ4v) is 3.11. The number of hydrogen-bond donors (Lipinski definition) is 0. The van der Waals surface area contributed by atoms with Crippen molar-refractivity contribution in [1.29, 1.82) is 0 Å². The molecule has 0 heterocycles. The van der Waals surface area contributed by atoms with Crippen molar-refractivity contribution in [3.8, 4) is 11.5 Å². The summed E-state index contributed by atoms with van der Waals surface area (Å²) >= 11 is 0. The van der Waals surface area contributed by atoms with Crippen molar-refractivity contribution in [3.05, 3.63) is 94.1 Å². The van der Waals surface area contributed by atoms with E-state index < -0.39 is 69.9 Å². The Morgan fingerprint density at radius 3 is 1.47 bits per heavy atom. The number of hydrogen-bond acceptors (Lipinski definition) is 2. The standard InChI is InChI=1S/C23H13F11O2/c1-2-11-7-15(24)20(16(25)8-11)23(33,34)35-13-5-3-12(4-6-13)22(31,32)36-14-9-17(26)19(18(27)10-14)21(28,29)30/h3-10H,2H2,1H3. The van der Waals surface area contributed by atoms with Crippen molar-refractivity contribution in [2.75, 3.05) is 0 Å². The number of alkyl halides is 7. The highest BCUT2D eigenvalue weighted by Crippen LogP contribution is 2.39. The lowest BCUT2D eigenvalue weighted by molar-refractivity contribution is -0.190. The highest BCUT2D eigenvalue weighted by Gasteiger charge is 2.42. The normalized spacial score (nSPS) is 12.6. The van der Waals surface area contributed by atoms with E-state index in [4.69, 9.17) is 0 Å². The molecular weight excluding hydrogens is 517 g/mol. The monoisotopic (exact) mass is 530 g/mol. The molecule has 0 aliphatic heterocycles. The van der Waals surface area contributed by atoms with E-state index in [0.717, 1.165) is 0 Å². The van der Waals surface area contributed by atoms with Crippen LogP contribution in [0.5, 0.6) is 11.5 Å². The average Bonchev–Trinajstić information content (AvgIpc) is 2.71.